The SMILES string of the molecule is CCSCCCNCCNS(=O)(=O)CC. The minimum atomic E-state index is -3.01. The van der Waals surface area contributed by atoms with Crippen molar-refractivity contribution in [3.63, 3.8) is 0 Å². The summed E-state index contributed by atoms with van der Waals surface area (Å²) in [6, 6.07) is 0. The van der Waals surface area contributed by atoms with Gasteiger partial charge in [0.25, 0.3) is 0 Å². The molecular formula is C9H22N2O2S2. The van der Waals surface area contributed by atoms with Crippen LogP contribution in [0.1, 0.15) is 20.3 Å². The van der Waals surface area contributed by atoms with E-state index in [1.165, 1.54) is 5.75 Å². The van der Waals surface area contributed by atoms with Crippen molar-refractivity contribution in [2.75, 3.05) is 36.9 Å². The molecule has 2 N–H and O–H groups in total. The molecule has 0 fully saturated rings. The van der Waals surface area contributed by atoms with Gasteiger partial charge in [-0.3, -0.25) is 0 Å². The Morgan fingerprint density at radius 2 is 1.87 bits per heavy atom. The lowest BCUT2D eigenvalue weighted by Crippen LogP contribution is -2.33. The Hall–Kier alpha value is 0.220. The van der Waals surface area contributed by atoms with E-state index < -0.39 is 10.0 Å². The van der Waals surface area contributed by atoms with Crippen LogP contribution in [0.3, 0.4) is 0 Å². The van der Waals surface area contributed by atoms with Crippen molar-refractivity contribution >= 4 is 21.8 Å². The second-order valence-electron chi connectivity index (χ2n) is 3.10. The van der Waals surface area contributed by atoms with Crippen LogP contribution in [0.15, 0.2) is 0 Å². The molecule has 0 aromatic heterocycles. The first-order chi connectivity index (χ1) is 7.12. The van der Waals surface area contributed by atoms with Gasteiger partial charge in [0.05, 0.1) is 5.75 Å². The summed E-state index contributed by atoms with van der Waals surface area (Å²) in [6.07, 6.45) is 1.14. The van der Waals surface area contributed by atoms with Crippen molar-refractivity contribution in [3.8, 4) is 0 Å². The normalized spacial score (nSPS) is 11.9. The Kier molecular flexibility index (Phi) is 9.58. The van der Waals surface area contributed by atoms with Gasteiger partial charge in [-0.1, -0.05) is 6.92 Å². The van der Waals surface area contributed by atoms with Crippen LogP contribution in [0.4, 0.5) is 0 Å². The molecule has 4 nitrogen and oxygen atoms in total. The molecule has 6 heteroatoms. The van der Waals surface area contributed by atoms with Gasteiger partial charge in [0.2, 0.25) is 10.0 Å². The van der Waals surface area contributed by atoms with Crippen molar-refractivity contribution in [1.29, 1.82) is 0 Å². The van der Waals surface area contributed by atoms with Crippen LogP contribution in [0.5, 0.6) is 0 Å². The Labute approximate surface area is 97.6 Å². The monoisotopic (exact) mass is 254 g/mol. The van der Waals surface area contributed by atoms with E-state index in [-0.39, 0.29) is 5.75 Å². The molecule has 0 heterocycles. The molecule has 92 valence electrons. The van der Waals surface area contributed by atoms with Crippen LogP contribution in [0, 0.1) is 0 Å². The molecule has 0 saturated heterocycles. The molecule has 0 spiro atoms. The predicted octanol–water partition coefficient (Wildman–Crippen LogP) is 0.658. The fourth-order valence-corrected chi connectivity index (χ4v) is 2.22. The quantitative estimate of drug-likeness (QED) is 0.562. The first kappa shape index (κ1) is 15.2. The van der Waals surface area contributed by atoms with Crippen molar-refractivity contribution in [2.24, 2.45) is 0 Å². The van der Waals surface area contributed by atoms with E-state index in [9.17, 15) is 8.42 Å². The highest BCUT2D eigenvalue weighted by atomic mass is 32.2. The Morgan fingerprint density at radius 3 is 2.47 bits per heavy atom. The number of nitrogens with one attached hydrogen (secondary N) is 2. The molecule has 0 rings (SSSR count). The first-order valence-corrected chi connectivity index (χ1v) is 8.19. The standard InChI is InChI=1S/C9H22N2O2S2/c1-3-14-9-5-6-10-7-8-11-15(12,13)4-2/h10-11H,3-9H2,1-2H3. The third-order valence-electron chi connectivity index (χ3n) is 1.85. The summed E-state index contributed by atoms with van der Waals surface area (Å²) in [4.78, 5) is 0. The summed E-state index contributed by atoms with van der Waals surface area (Å²) >= 11 is 1.93. The van der Waals surface area contributed by atoms with Gasteiger partial charge in [-0.2, -0.15) is 11.8 Å². The average Bonchev–Trinajstić information content (AvgIpc) is 2.22. The zero-order valence-electron chi connectivity index (χ0n) is 9.58. The Balaban J connectivity index is 3.19. The van der Waals surface area contributed by atoms with Crippen molar-refractivity contribution in [2.45, 2.75) is 20.3 Å². The summed E-state index contributed by atoms with van der Waals surface area (Å²) in [7, 11) is -3.01. The zero-order chi connectivity index (χ0) is 11.6. The van der Waals surface area contributed by atoms with Crippen molar-refractivity contribution in [1.82, 2.24) is 10.0 Å². The van der Waals surface area contributed by atoms with E-state index in [4.69, 9.17) is 0 Å². The number of thioether (sulfide) groups is 1. The third kappa shape index (κ3) is 10.5. The van der Waals surface area contributed by atoms with Crippen LogP contribution in [-0.4, -0.2) is 45.3 Å². The van der Waals surface area contributed by atoms with Crippen molar-refractivity contribution < 1.29 is 8.42 Å². The van der Waals surface area contributed by atoms with E-state index >= 15 is 0 Å². The largest absolute Gasteiger partial charge is 0.315 e. The highest BCUT2D eigenvalue weighted by Gasteiger charge is 2.03. The molecule has 0 aliphatic carbocycles. The predicted molar refractivity (Wildman–Crippen MR) is 67.9 cm³/mol. The fourth-order valence-electron chi connectivity index (χ4n) is 0.966. The van der Waals surface area contributed by atoms with E-state index in [1.54, 1.807) is 6.92 Å². The second kappa shape index (κ2) is 9.45. The summed E-state index contributed by atoms with van der Waals surface area (Å²) in [5.41, 5.74) is 0. The van der Waals surface area contributed by atoms with Gasteiger partial charge in [-0.05, 0) is 31.4 Å². The minimum Gasteiger partial charge on any atom is -0.315 e. The van der Waals surface area contributed by atoms with Crippen LogP contribution < -0.4 is 10.0 Å². The summed E-state index contributed by atoms with van der Waals surface area (Å²) in [5, 5.41) is 3.20. The maximum absolute atomic E-state index is 11.0. The first-order valence-electron chi connectivity index (χ1n) is 5.38. The van der Waals surface area contributed by atoms with Gasteiger partial charge >= 0.3 is 0 Å². The second-order valence-corrected chi connectivity index (χ2v) is 6.59. The van der Waals surface area contributed by atoms with Crippen LogP contribution in [0.2, 0.25) is 0 Å². The smallest absolute Gasteiger partial charge is 0.211 e. The molecule has 0 aliphatic rings. The molecule has 0 aromatic rings. The van der Waals surface area contributed by atoms with E-state index in [0.29, 0.717) is 13.1 Å². The average molecular weight is 254 g/mol. The lowest BCUT2D eigenvalue weighted by molar-refractivity contribution is 0.577. The van der Waals surface area contributed by atoms with Gasteiger partial charge in [-0.25, -0.2) is 13.1 Å². The molecule has 0 radical (unpaired) electrons. The third-order valence-corrected chi connectivity index (χ3v) is 4.24. The lowest BCUT2D eigenvalue weighted by Gasteiger charge is -2.05. The number of rotatable bonds is 10. The Bertz CT molecular complexity index is 230. The van der Waals surface area contributed by atoms with E-state index in [1.807, 2.05) is 11.8 Å². The fraction of sp³-hybridized carbons (Fsp3) is 1.00. The molecule has 0 amide bonds. The minimum absolute atomic E-state index is 0.153. The molecular weight excluding hydrogens is 232 g/mol. The Morgan fingerprint density at radius 1 is 1.13 bits per heavy atom. The topological polar surface area (TPSA) is 58.2 Å². The summed E-state index contributed by atoms with van der Waals surface area (Å²) in [5.74, 6) is 2.49. The molecule has 0 bridgehead atoms. The molecule has 0 unspecified atom stereocenters. The molecule has 15 heavy (non-hydrogen) atoms. The summed E-state index contributed by atoms with van der Waals surface area (Å²) < 4.78 is 24.6. The van der Waals surface area contributed by atoms with E-state index in [2.05, 4.69) is 17.0 Å². The maximum atomic E-state index is 11.0. The lowest BCUT2D eigenvalue weighted by atomic mass is 10.5. The van der Waals surface area contributed by atoms with Crippen LogP contribution >= 0.6 is 11.8 Å². The highest BCUT2D eigenvalue weighted by Crippen LogP contribution is 1.99. The van der Waals surface area contributed by atoms with Gasteiger partial charge < -0.3 is 5.32 Å². The zero-order valence-corrected chi connectivity index (χ0v) is 11.2. The maximum Gasteiger partial charge on any atom is 0.211 e. The van der Waals surface area contributed by atoms with Gasteiger partial charge in [-0.15, -0.1) is 0 Å². The van der Waals surface area contributed by atoms with E-state index in [0.717, 1.165) is 18.7 Å². The number of hydrogen-bond donors (Lipinski definition) is 2. The highest BCUT2D eigenvalue weighted by molar-refractivity contribution is 7.99. The molecule has 0 atom stereocenters. The van der Waals surface area contributed by atoms with Crippen molar-refractivity contribution in [3.05, 3.63) is 0 Å². The molecule has 0 aromatic carbocycles. The molecule has 0 saturated carbocycles. The summed E-state index contributed by atoms with van der Waals surface area (Å²) in [6.45, 7) is 5.93. The molecule has 0 aliphatic heterocycles. The van der Waals surface area contributed by atoms with Gasteiger partial charge in [0.1, 0.15) is 0 Å². The number of hydrogen-bond acceptors (Lipinski definition) is 4. The van der Waals surface area contributed by atoms with Gasteiger partial charge in [0, 0.05) is 13.1 Å². The van der Waals surface area contributed by atoms with Gasteiger partial charge in [0.15, 0.2) is 0 Å². The van der Waals surface area contributed by atoms with Crippen LogP contribution in [-0.2, 0) is 10.0 Å². The number of sulfonamides is 1. The van der Waals surface area contributed by atoms with Crippen LogP contribution in [0.25, 0.3) is 0 Å².